The molecule has 160 valence electrons. The molecule has 3 atom stereocenters. The van der Waals surface area contributed by atoms with E-state index in [1.54, 1.807) is 0 Å². The molecule has 0 saturated heterocycles. The van der Waals surface area contributed by atoms with Gasteiger partial charge in [-0.25, -0.2) is 0 Å². The largest absolute Gasteiger partial charge is 0.508 e. The molecule has 27 heavy (non-hydrogen) atoms. The molecule has 1 saturated carbocycles. The third-order valence-corrected chi connectivity index (χ3v) is 8.29. The lowest BCUT2D eigenvalue weighted by Gasteiger charge is -2.42. The molecule has 0 radical (unpaired) electrons. The Balaban J connectivity index is 2.71. The van der Waals surface area contributed by atoms with Gasteiger partial charge in [-0.05, 0) is 48.5 Å². The Labute approximate surface area is 171 Å². The van der Waals surface area contributed by atoms with Crippen LogP contribution in [0.25, 0.3) is 0 Å². The molecule has 0 aromatic carbocycles. The summed E-state index contributed by atoms with van der Waals surface area (Å²) in [7, 11) is -2.01. The van der Waals surface area contributed by atoms with Crippen molar-refractivity contribution in [2.45, 2.75) is 142 Å². The van der Waals surface area contributed by atoms with Gasteiger partial charge >= 0.3 is 8.03 Å². The summed E-state index contributed by atoms with van der Waals surface area (Å²) in [5.41, 5.74) is 0.541. The zero-order chi connectivity index (χ0) is 20.0. The molecular formula is C24H48O2P+. The topological polar surface area (TPSA) is 37.3 Å². The SMILES string of the molecule is CCCCCCC1CC(CCCCCC)(CCCCCC)CCC1[P+](=O)O. The van der Waals surface area contributed by atoms with Crippen LogP contribution in [0.2, 0.25) is 0 Å². The smallest absolute Gasteiger partial charge is 0.161 e. The summed E-state index contributed by atoms with van der Waals surface area (Å²) in [6.07, 6.45) is 23.2. The van der Waals surface area contributed by atoms with E-state index in [1.165, 1.54) is 109 Å². The quantitative estimate of drug-likeness (QED) is 0.208. The number of rotatable bonds is 16. The fraction of sp³-hybridized carbons (Fsp3) is 1.00. The predicted molar refractivity (Wildman–Crippen MR) is 120 cm³/mol. The van der Waals surface area contributed by atoms with Crippen molar-refractivity contribution in [2.24, 2.45) is 11.3 Å². The van der Waals surface area contributed by atoms with Gasteiger partial charge in [0.1, 0.15) is 0 Å². The third kappa shape index (κ3) is 9.89. The van der Waals surface area contributed by atoms with E-state index in [0.717, 1.165) is 6.42 Å². The Morgan fingerprint density at radius 3 is 1.81 bits per heavy atom. The molecule has 0 bridgehead atoms. The Morgan fingerprint density at radius 2 is 1.33 bits per heavy atom. The Kier molecular flexibility index (Phi) is 13.9. The maximum Gasteiger partial charge on any atom is 0.508 e. The van der Waals surface area contributed by atoms with Crippen LogP contribution in [0, 0.1) is 11.3 Å². The number of hydrogen-bond acceptors (Lipinski definition) is 1. The minimum Gasteiger partial charge on any atom is -0.161 e. The fourth-order valence-electron chi connectivity index (χ4n) is 5.34. The van der Waals surface area contributed by atoms with Crippen LogP contribution in [0.15, 0.2) is 0 Å². The van der Waals surface area contributed by atoms with Gasteiger partial charge in [0.2, 0.25) is 0 Å². The second-order valence-electron chi connectivity index (χ2n) is 9.34. The molecule has 1 aliphatic rings. The second kappa shape index (κ2) is 15.0. The van der Waals surface area contributed by atoms with Crippen molar-refractivity contribution in [3.8, 4) is 0 Å². The normalized spacial score (nSPS) is 22.7. The van der Waals surface area contributed by atoms with Crippen LogP contribution >= 0.6 is 8.03 Å². The van der Waals surface area contributed by atoms with E-state index < -0.39 is 8.03 Å². The molecule has 1 aliphatic carbocycles. The molecule has 0 aromatic rings. The summed E-state index contributed by atoms with van der Waals surface area (Å²) >= 11 is 0. The standard InChI is InChI=1S/C24H47O2P/c1-4-7-10-13-16-22-21-24(18-14-11-8-5-2,19-15-12-9-6-3)20-17-23(22)27(25)26/h22-23H,4-21H2,1-3H3/p+1. The van der Waals surface area contributed by atoms with Crippen LogP contribution in [0.5, 0.6) is 0 Å². The van der Waals surface area contributed by atoms with Crippen molar-refractivity contribution in [3.63, 3.8) is 0 Å². The van der Waals surface area contributed by atoms with Gasteiger partial charge in [0, 0.05) is 5.92 Å². The molecule has 0 aliphatic heterocycles. The molecule has 0 amide bonds. The number of hydrogen-bond donors (Lipinski definition) is 1. The van der Waals surface area contributed by atoms with Crippen LogP contribution < -0.4 is 0 Å². The first kappa shape index (κ1) is 25.1. The van der Waals surface area contributed by atoms with Gasteiger partial charge in [0.15, 0.2) is 5.66 Å². The molecule has 0 heterocycles. The minimum atomic E-state index is -2.01. The summed E-state index contributed by atoms with van der Waals surface area (Å²) < 4.78 is 12.0. The third-order valence-electron chi connectivity index (χ3n) is 7.04. The summed E-state index contributed by atoms with van der Waals surface area (Å²) in [4.78, 5) is 9.92. The first-order chi connectivity index (χ1) is 13.1. The van der Waals surface area contributed by atoms with Gasteiger partial charge in [0.25, 0.3) is 0 Å². The van der Waals surface area contributed by atoms with Crippen molar-refractivity contribution >= 4 is 8.03 Å². The van der Waals surface area contributed by atoms with Gasteiger partial charge in [-0.2, -0.15) is 4.89 Å². The van der Waals surface area contributed by atoms with E-state index in [2.05, 4.69) is 20.8 Å². The lowest BCUT2D eigenvalue weighted by atomic mass is 9.63. The average Bonchev–Trinajstić information content (AvgIpc) is 2.66. The highest BCUT2D eigenvalue weighted by Crippen LogP contribution is 2.53. The van der Waals surface area contributed by atoms with E-state index in [-0.39, 0.29) is 5.66 Å². The molecule has 2 nitrogen and oxygen atoms in total. The Bertz CT molecular complexity index is 371. The molecule has 3 unspecified atom stereocenters. The molecule has 3 heteroatoms. The summed E-state index contributed by atoms with van der Waals surface area (Å²) in [6, 6.07) is 0. The minimum absolute atomic E-state index is 0.0704. The van der Waals surface area contributed by atoms with Crippen LogP contribution in [0.4, 0.5) is 0 Å². The molecule has 1 rings (SSSR count). The van der Waals surface area contributed by atoms with Gasteiger partial charge in [-0.1, -0.05) is 97.8 Å². The van der Waals surface area contributed by atoms with Crippen molar-refractivity contribution in [1.29, 1.82) is 0 Å². The van der Waals surface area contributed by atoms with E-state index in [1.807, 2.05) is 0 Å². The Morgan fingerprint density at radius 1 is 0.815 bits per heavy atom. The van der Waals surface area contributed by atoms with Gasteiger partial charge in [-0.3, -0.25) is 0 Å². The first-order valence-electron chi connectivity index (χ1n) is 12.2. The zero-order valence-electron chi connectivity index (χ0n) is 18.7. The molecule has 1 N–H and O–H groups in total. The monoisotopic (exact) mass is 399 g/mol. The highest BCUT2D eigenvalue weighted by atomic mass is 31.1. The zero-order valence-corrected chi connectivity index (χ0v) is 19.6. The van der Waals surface area contributed by atoms with Gasteiger partial charge in [0.05, 0.1) is 0 Å². The highest BCUT2D eigenvalue weighted by Gasteiger charge is 2.47. The van der Waals surface area contributed by atoms with Crippen LogP contribution in [-0.2, 0) is 4.57 Å². The molecule has 1 fully saturated rings. The lowest BCUT2D eigenvalue weighted by Crippen LogP contribution is -2.35. The van der Waals surface area contributed by atoms with Crippen LogP contribution in [-0.4, -0.2) is 10.6 Å². The maximum absolute atomic E-state index is 12.0. The van der Waals surface area contributed by atoms with E-state index in [0.29, 0.717) is 11.3 Å². The van der Waals surface area contributed by atoms with Crippen molar-refractivity contribution in [3.05, 3.63) is 0 Å². The van der Waals surface area contributed by atoms with Crippen molar-refractivity contribution in [2.75, 3.05) is 0 Å². The summed E-state index contributed by atoms with van der Waals surface area (Å²) in [6.45, 7) is 6.83. The summed E-state index contributed by atoms with van der Waals surface area (Å²) in [5, 5.41) is 0. The fourth-order valence-corrected chi connectivity index (χ4v) is 6.30. The highest BCUT2D eigenvalue weighted by molar-refractivity contribution is 7.38. The molecule has 0 aromatic heterocycles. The lowest BCUT2D eigenvalue weighted by molar-refractivity contribution is 0.101. The van der Waals surface area contributed by atoms with E-state index >= 15 is 0 Å². The van der Waals surface area contributed by atoms with Crippen LogP contribution in [0.3, 0.4) is 0 Å². The molecule has 0 spiro atoms. The Hall–Kier alpha value is 0.0600. The summed E-state index contributed by atoms with van der Waals surface area (Å²) in [5.74, 6) is 0.488. The molecular weight excluding hydrogens is 351 g/mol. The van der Waals surface area contributed by atoms with Gasteiger partial charge < -0.3 is 0 Å². The van der Waals surface area contributed by atoms with E-state index in [4.69, 9.17) is 0 Å². The predicted octanol–water partition coefficient (Wildman–Crippen LogP) is 8.79. The first-order valence-corrected chi connectivity index (χ1v) is 13.5. The van der Waals surface area contributed by atoms with Crippen molar-refractivity contribution in [1.82, 2.24) is 0 Å². The average molecular weight is 400 g/mol. The van der Waals surface area contributed by atoms with Crippen LogP contribution in [0.1, 0.15) is 136 Å². The van der Waals surface area contributed by atoms with Gasteiger partial charge in [-0.15, -0.1) is 0 Å². The van der Waals surface area contributed by atoms with Crippen molar-refractivity contribution < 1.29 is 9.46 Å². The number of unbranched alkanes of at least 4 members (excludes halogenated alkanes) is 9. The van der Waals surface area contributed by atoms with E-state index in [9.17, 15) is 9.46 Å². The maximum atomic E-state index is 12.0. The second-order valence-corrected chi connectivity index (χ2v) is 10.6.